The minimum Gasteiger partial charge on any atom is -0.392 e. The molecule has 1 aromatic rings. The largest absolute Gasteiger partial charge is 0.392 e. The maximum absolute atomic E-state index is 12.4. The Bertz CT molecular complexity index is 573. The standard InChI is InChI=1S/C14H20O3S/c1-9-5-6-12-11(7-9)10(2)13(15)14(3,4)8-18(12,16)17/h5-7,10,13,15H,8H2,1-4H3/t10-,13-/m1/s1. The maximum atomic E-state index is 12.4. The van der Waals surface area contributed by atoms with Crippen molar-refractivity contribution in [2.75, 3.05) is 5.75 Å². The molecule has 0 aliphatic carbocycles. The highest BCUT2D eigenvalue weighted by atomic mass is 32.2. The van der Waals surface area contributed by atoms with Gasteiger partial charge >= 0.3 is 0 Å². The molecular weight excluding hydrogens is 248 g/mol. The zero-order valence-corrected chi connectivity index (χ0v) is 12.1. The molecule has 0 amide bonds. The molecule has 0 fully saturated rings. The van der Waals surface area contributed by atoms with Crippen LogP contribution in [-0.2, 0) is 9.84 Å². The Balaban J connectivity index is 2.73. The van der Waals surface area contributed by atoms with Crippen LogP contribution in [0.15, 0.2) is 23.1 Å². The lowest BCUT2D eigenvalue weighted by atomic mass is 9.79. The van der Waals surface area contributed by atoms with E-state index in [2.05, 4.69) is 0 Å². The molecule has 0 aromatic heterocycles. The third-order valence-corrected chi connectivity index (χ3v) is 5.99. The molecule has 0 spiro atoms. The maximum Gasteiger partial charge on any atom is 0.179 e. The van der Waals surface area contributed by atoms with Crippen LogP contribution in [0, 0.1) is 12.3 Å². The highest BCUT2D eigenvalue weighted by molar-refractivity contribution is 7.91. The van der Waals surface area contributed by atoms with E-state index in [1.54, 1.807) is 6.07 Å². The zero-order valence-electron chi connectivity index (χ0n) is 11.3. The summed E-state index contributed by atoms with van der Waals surface area (Å²) in [4.78, 5) is 0.380. The average Bonchev–Trinajstić information content (AvgIpc) is 2.28. The van der Waals surface area contributed by atoms with Gasteiger partial charge in [0.25, 0.3) is 0 Å². The van der Waals surface area contributed by atoms with E-state index in [0.29, 0.717) is 4.90 Å². The van der Waals surface area contributed by atoms with Crippen LogP contribution in [0.25, 0.3) is 0 Å². The van der Waals surface area contributed by atoms with Gasteiger partial charge in [-0.1, -0.05) is 38.5 Å². The van der Waals surface area contributed by atoms with Crippen molar-refractivity contribution in [3.63, 3.8) is 0 Å². The number of aryl methyl sites for hydroxylation is 1. The van der Waals surface area contributed by atoms with Crippen molar-refractivity contribution in [2.24, 2.45) is 5.41 Å². The first-order valence-electron chi connectivity index (χ1n) is 6.16. The quantitative estimate of drug-likeness (QED) is 0.785. The van der Waals surface area contributed by atoms with Gasteiger partial charge in [-0.05, 0) is 18.6 Å². The van der Waals surface area contributed by atoms with E-state index in [1.807, 2.05) is 39.8 Å². The number of fused-ring (bicyclic) bond motifs is 1. The molecule has 0 radical (unpaired) electrons. The van der Waals surface area contributed by atoms with E-state index in [1.165, 1.54) is 0 Å². The predicted octanol–water partition coefficient (Wildman–Crippen LogP) is 2.27. The summed E-state index contributed by atoms with van der Waals surface area (Å²) in [6, 6.07) is 5.36. The van der Waals surface area contributed by atoms with Gasteiger partial charge in [0.2, 0.25) is 0 Å². The zero-order chi connectivity index (χ0) is 13.7. The van der Waals surface area contributed by atoms with Gasteiger partial charge in [-0.25, -0.2) is 8.42 Å². The normalized spacial score (nSPS) is 29.4. The van der Waals surface area contributed by atoms with E-state index < -0.39 is 21.4 Å². The van der Waals surface area contributed by atoms with Crippen molar-refractivity contribution < 1.29 is 13.5 Å². The molecule has 100 valence electrons. The molecule has 4 heteroatoms. The molecule has 1 heterocycles. The van der Waals surface area contributed by atoms with Gasteiger partial charge in [0.15, 0.2) is 9.84 Å². The van der Waals surface area contributed by atoms with Gasteiger partial charge in [-0.15, -0.1) is 0 Å². The summed E-state index contributed by atoms with van der Waals surface area (Å²) in [6.45, 7) is 7.45. The number of benzene rings is 1. The Morgan fingerprint density at radius 3 is 2.56 bits per heavy atom. The summed E-state index contributed by atoms with van der Waals surface area (Å²) >= 11 is 0. The summed E-state index contributed by atoms with van der Waals surface area (Å²) < 4.78 is 24.8. The second-order valence-electron chi connectivity index (χ2n) is 6.02. The second-order valence-corrected chi connectivity index (χ2v) is 7.98. The van der Waals surface area contributed by atoms with Crippen molar-refractivity contribution in [1.29, 1.82) is 0 Å². The molecule has 3 nitrogen and oxygen atoms in total. The van der Waals surface area contributed by atoms with Crippen molar-refractivity contribution >= 4 is 9.84 Å². The molecular formula is C14H20O3S. The van der Waals surface area contributed by atoms with E-state index >= 15 is 0 Å². The van der Waals surface area contributed by atoms with Gasteiger partial charge in [0.05, 0.1) is 16.8 Å². The smallest absolute Gasteiger partial charge is 0.179 e. The van der Waals surface area contributed by atoms with Gasteiger partial charge in [0, 0.05) is 11.3 Å². The van der Waals surface area contributed by atoms with E-state index in [9.17, 15) is 13.5 Å². The summed E-state index contributed by atoms with van der Waals surface area (Å²) in [5.41, 5.74) is 1.13. The molecule has 18 heavy (non-hydrogen) atoms. The summed E-state index contributed by atoms with van der Waals surface area (Å²) in [5.74, 6) is -0.186. The molecule has 2 atom stereocenters. The van der Waals surface area contributed by atoms with Crippen LogP contribution in [-0.4, -0.2) is 25.4 Å². The van der Waals surface area contributed by atoms with Gasteiger partial charge in [-0.3, -0.25) is 0 Å². The molecule has 1 aliphatic heterocycles. The number of rotatable bonds is 0. The number of aliphatic hydroxyl groups excluding tert-OH is 1. The first kappa shape index (κ1) is 13.6. The lowest BCUT2D eigenvalue weighted by Gasteiger charge is -2.31. The third-order valence-electron chi connectivity index (χ3n) is 3.83. The van der Waals surface area contributed by atoms with Crippen LogP contribution in [0.2, 0.25) is 0 Å². The highest BCUT2D eigenvalue weighted by Gasteiger charge is 2.42. The van der Waals surface area contributed by atoms with E-state index in [0.717, 1.165) is 11.1 Å². The minimum atomic E-state index is -3.33. The molecule has 0 unspecified atom stereocenters. The molecule has 0 saturated carbocycles. The molecule has 1 N–H and O–H groups in total. The van der Waals surface area contributed by atoms with Crippen molar-refractivity contribution in [1.82, 2.24) is 0 Å². The Labute approximate surface area is 109 Å². The fraction of sp³-hybridized carbons (Fsp3) is 0.571. The Morgan fingerprint density at radius 2 is 1.94 bits per heavy atom. The minimum absolute atomic E-state index is 0.0123. The predicted molar refractivity (Wildman–Crippen MR) is 71.4 cm³/mol. The second kappa shape index (κ2) is 4.07. The van der Waals surface area contributed by atoms with Gasteiger partial charge in [0.1, 0.15) is 0 Å². The molecule has 1 aromatic carbocycles. The Kier molecular flexibility index (Phi) is 3.06. The third kappa shape index (κ3) is 2.08. The number of hydrogen-bond acceptors (Lipinski definition) is 3. The lowest BCUT2D eigenvalue weighted by Crippen LogP contribution is -2.36. The highest BCUT2D eigenvalue weighted by Crippen LogP contribution is 2.41. The number of hydrogen-bond donors (Lipinski definition) is 1. The Morgan fingerprint density at radius 1 is 1.33 bits per heavy atom. The van der Waals surface area contributed by atoms with Crippen LogP contribution in [0.3, 0.4) is 0 Å². The first-order chi connectivity index (χ1) is 8.15. The summed E-state index contributed by atoms with van der Waals surface area (Å²) in [7, 11) is -3.33. The van der Waals surface area contributed by atoms with E-state index in [4.69, 9.17) is 0 Å². The molecule has 2 rings (SSSR count). The van der Waals surface area contributed by atoms with Crippen LogP contribution in [0.4, 0.5) is 0 Å². The van der Waals surface area contributed by atoms with Gasteiger partial charge in [-0.2, -0.15) is 0 Å². The van der Waals surface area contributed by atoms with Crippen LogP contribution >= 0.6 is 0 Å². The van der Waals surface area contributed by atoms with Crippen LogP contribution in [0.1, 0.15) is 37.8 Å². The number of aliphatic hydroxyl groups is 1. The van der Waals surface area contributed by atoms with Crippen LogP contribution in [0.5, 0.6) is 0 Å². The van der Waals surface area contributed by atoms with Crippen molar-refractivity contribution in [3.05, 3.63) is 29.3 Å². The molecule has 0 saturated heterocycles. The van der Waals surface area contributed by atoms with Crippen LogP contribution < -0.4 is 0 Å². The first-order valence-corrected chi connectivity index (χ1v) is 7.82. The summed E-state index contributed by atoms with van der Waals surface area (Å²) in [6.07, 6.45) is -0.657. The fourth-order valence-electron chi connectivity index (χ4n) is 2.81. The Hall–Kier alpha value is -0.870. The van der Waals surface area contributed by atoms with Crippen molar-refractivity contribution in [3.8, 4) is 0 Å². The number of sulfone groups is 1. The van der Waals surface area contributed by atoms with E-state index in [-0.39, 0.29) is 11.7 Å². The average molecular weight is 268 g/mol. The van der Waals surface area contributed by atoms with Crippen molar-refractivity contribution in [2.45, 2.75) is 44.6 Å². The SMILES string of the molecule is Cc1ccc2c(c1)[C@@H](C)[C@@H](O)C(C)(C)CS2(=O)=O. The van der Waals surface area contributed by atoms with Gasteiger partial charge < -0.3 is 5.11 Å². The lowest BCUT2D eigenvalue weighted by molar-refractivity contribution is 0.0465. The fourth-order valence-corrected chi connectivity index (χ4v) is 4.99. The molecule has 1 aliphatic rings. The monoisotopic (exact) mass is 268 g/mol. The topological polar surface area (TPSA) is 54.4 Å². The summed E-state index contributed by atoms with van der Waals surface area (Å²) in [5, 5.41) is 10.4. The molecule has 0 bridgehead atoms.